The van der Waals surface area contributed by atoms with Crippen molar-refractivity contribution >= 4 is 17.0 Å². The van der Waals surface area contributed by atoms with Crippen molar-refractivity contribution in [2.75, 3.05) is 18.0 Å². The van der Waals surface area contributed by atoms with Crippen molar-refractivity contribution in [1.82, 2.24) is 24.9 Å². The third kappa shape index (κ3) is 4.19. The fourth-order valence-electron chi connectivity index (χ4n) is 4.19. The van der Waals surface area contributed by atoms with Crippen LogP contribution >= 0.6 is 0 Å². The first-order valence-corrected chi connectivity index (χ1v) is 11.1. The maximum atomic E-state index is 14.8. The number of hydrogen-bond acceptors (Lipinski definition) is 7. The van der Waals surface area contributed by atoms with Gasteiger partial charge in [-0.15, -0.1) is 0 Å². The number of halogens is 2. The predicted molar refractivity (Wildman–Crippen MR) is 124 cm³/mol. The number of anilines is 1. The van der Waals surface area contributed by atoms with Gasteiger partial charge >= 0.3 is 0 Å². The van der Waals surface area contributed by atoms with Crippen LogP contribution in [-0.4, -0.2) is 44.1 Å². The van der Waals surface area contributed by atoms with Gasteiger partial charge in [-0.2, -0.15) is 4.98 Å². The molecule has 0 aliphatic carbocycles. The topological polar surface area (TPSA) is 76.9 Å². The molecule has 3 aromatic heterocycles. The lowest BCUT2D eigenvalue weighted by molar-refractivity contribution is -0.0201. The van der Waals surface area contributed by atoms with Crippen LogP contribution in [0.15, 0.2) is 36.5 Å². The summed E-state index contributed by atoms with van der Waals surface area (Å²) >= 11 is 0. The van der Waals surface area contributed by atoms with Crippen molar-refractivity contribution < 1.29 is 13.5 Å². The summed E-state index contributed by atoms with van der Waals surface area (Å²) in [5, 5.41) is 0.613. The van der Waals surface area contributed by atoms with Gasteiger partial charge in [0.25, 0.3) is 0 Å². The van der Waals surface area contributed by atoms with E-state index >= 15 is 0 Å². The van der Waals surface area contributed by atoms with Gasteiger partial charge in [0.2, 0.25) is 5.95 Å². The van der Waals surface area contributed by atoms with Crippen LogP contribution in [0.1, 0.15) is 35.8 Å². The molecule has 34 heavy (non-hydrogen) atoms. The largest absolute Gasteiger partial charge is 0.365 e. The SMILES string of the molecule is Cc1nccc([C@H]2CN(c3nc(-c4ccc(F)cc4F)c4cc(C)c(C)nc4n3)C[C@H](C)O2)n1. The Morgan fingerprint density at radius 2 is 1.79 bits per heavy atom. The monoisotopic (exact) mass is 462 g/mol. The summed E-state index contributed by atoms with van der Waals surface area (Å²) in [4.78, 5) is 24.8. The van der Waals surface area contributed by atoms with E-state index in [4.69, 9.17) is 14.7 Å². The molecule has 1 aliphatic heterocycles. The average molecular weight is 463 g/mol. The molecular weight excluding hydrogens is 438 g/mol. The molecule has 1 aromatic carbocycles. The molecule has 0 spiro atoms. The minimum atomic E-state index is -0.686. The van der Waals surface area contributed by atoms with E-state index in [-0.39, 0.29) is 17.8 Å². The number of ether oxygens (including phenoxy) is 1. The minimum absolute atomic E-state index is 0.118. The highest BCUT2D eigenvalue weighted by atomic mass is 19.1. The number of hydrogen-bond donors (Lipinski definition) is 0. The molecule has 1 saturated heterocycles. The second kappa shape index (κ2) is 8.64. The maximum absolute atomic E-state index is 14.8. The van der Waals surface area contributed by atoms with Crippen LogP contribution in [0.3, 0.4) is 0 Å². The van der Waals surface area contributed by atoms with E-state index in [2.05, 4.69) is 15.0 Å². The zero-order chi connectivity index (χ0) is 24.0. The van der Waals surface area contributed by atoms with Gasteiger partial charge in [0.1, 0.15) is 23.6 Å². The number of aromatic nitrogens is 5. The van der Waals surface area contributed by atoms with Gasteiger partial charge in [0, 0.05) is 35.5 Å². The molecule has 174 valence electrons. The van der Waals surface area contributed by atoms with Crippen LogP contribution in [0.2, 0.25) is 0 Å². The lowest BCUT2D eigenvalue weighted by Crippen LogP contribution is -2.44. The molecule has 2 atom stereocenters. The van der Waals surface area contributed by atoms with Crippen LogP contribution < -0.4 is 4.90 Å². The lowest BCUT2D eigenvalue weighted by Gasteiger charge is -2.36. The van der Waals surface area contributed by atoms with Gasteiger partial charge in [0.15, 0.2) is 5.65 Å². The number of fused-ring (bicyclic) bond motifs is 1. The van der Waals surface area contributed by atoms with E-state index < -0.39 is 11.6 Å². The fraction of sp³-hybridized carbons (Fsp3) is 0.320. The highest BCUT2D eigenvalue weighted by molar-refractivity contribution is 5.92. The number of pyridine rings is 1. The van der Waals surface area contributed by atoms with Crippen molar-refractivity contribution in [3.05, 3.63) is 70.9 Å². The van der Waals surface area contributed by atoms with E-state index in [1.807, 2.05) is 44.7 Å². The highest BCUT2D eigenvalue weighted by Gasteiger charge is 2.30. The molecule has 7 nitrogen and oxygen atoms in total. The molecule has 0 unspecified atom stereocenters. The van der Waals surface area contributed by atoms with Gasteiger partial charge < -0.3 is 9.64 Å². The molecule has 0 N–H and O–H groups in total. The zero-order valence-corrected chi connectivity index (χ0v) is 19.4. The predicted octanol–water partition coefficient (Wildman–Crippen LogP) is 4.65. The van der Waals surface area contributed by atoms with Crippen molar-refractivity contribution in [3.8, 4) is 11.3 Å². The average Bonchev–Trinajstić information content (AvgIpc) is 2.79. The molecule has 0 radical (unpaired) electrons. The molecule has 1 fully saturated rings. The van der Waals surface area contributed by atoms with Gasteiger partial charge in [-0.3, -0.25) is 0 Å². The van der Waals surface area contributed by atoms with E-state index in [1.165, 1.54) is 12.1 Å². The molecular formula is C25H24F2N6O. The second-order valence-corrected chi connectivity index (χ2v) is 8.63. The first-order chi connectivity index (χ1) is 16.3. The summed E-state index contributed by atoms with van der Waals surface area (Å²) in [6.45, 7) is 8.64. The van der Waals surface area contributed by atoms with E-state index in [0.29, 0.717) is 41.6 Å². The standard InChI is InChI=1S/C25H24F2N6O/c1-13-9-19-23(18-6-5-17(26)10-20(18)27)31-25(32-24(19)29-15(13)3)33-11-14(2)34-22(12-33)21-7-8-28-16(4)30-21/h5-10,14,22H,11-12H2,1-4H3/t14-,22+/m0/s1. The van der Waals surface area contributed by atoms with Crippen LogP contribution in [0, 0.1) is 32.4 Å². The molecule has 4 heterocycles. The first kappa shape index (κ1) is 22.2. The molecule has 1 aliphatic rings. The Kier molecular flexibility index (Phi) is 5.65. The first-order valence-electron chi connectivity index (χ1n) is 11.1. The molecule has 4 aromatic rings. The summed E-state index contributed by atoms with van der Waals surface area (Å²) in [7, 11) is 0. The molecule has 0 amide bonds. The third-order valence-electron chi connectivity index (χ3n) is 5.98. The van der Waals surface area contributed by atoms with E-state index in [1.54, 1.807) is 6.20 Å². The van der Waals surface area contributed by atoms with Crippen molar-refractivity contribution in [1.29, 1.82) is 0 Å². The second-order valence-electron chi connectivity index (χ2n) is 8.63. The summed E-state index contributed by atoms with van der Waals surface area (Å²) in [5.41, 5.74) is 3.57. The van der Waals surface area contributed by atoms with Crippen LogP contribution in [0.4, 0.5) is 14.7 Å². The van der Waals surface area contributed by atoms with Crippen molar-refractivity contribution in [3.63, 3.8) is 0 Å². The van der Waals surface area contributed by atoms with Crippen LogP contribution in [0.5, 0.6) is 0 Å². The zero-order valence-electron chi connectivity index (χ0n) is 19.4. The molecule has 0 saturated carbocycles. The van der Waals surface area contributed by atoms with Gasteiger partial charge in [-0.25, -0.2) is 28.7 Å². The summed E-state index contributed by atoms with van der Waals surface area (Å²) in [6, 6.07) is 7.22. The van der Waals surface area contributed by atoms with Crippen molar-refractivity contribution in [2.24, 2.45) is 0 Å². The van der Waals surface area contributed by atoms with Crippen LogP contribution in [0.25, 0.3) is 22.3 Å². The Hall–Kier alpha value is -3.59. The Morgan fingerprint density at radius 3 is 2.56 bits per heavy atom. The fourth-order valence-corrected chi connectivity index (χ4v) is 4.19. The molecule has 9 heteroatoms. The number of morpholine rings is 1. The molecule has 5 rings (SSSR count). The van der Waals surface area contributed by atoms with Gasteiger partial charge in [-0.1, -0.05) is 0 Å². The van der Waals surface area contributed by atoms with Crippen LogP contribution in [-0.2, 0) is 4.74 Å². The summed E-state index contributed by atoms with van der Waals surface area (Å²) in [6.07, 6.45) is 1.29. The molecule has 0 bridgehead atoms. The van der Waals surface area contributed by atoms with Gasteiger partial charge in [0.05, 0.1) is 24.0 Å². The smallest absolute Gasteiger partial charge is 0.228 e. The highest BCUT2D eigenvalue weighted by Crippen LogP contribution is 2.33. The third-order valence-corrected chi connectivity index (χ3v) is 5.98. The summed E-state index contributed by atoms with van der Waals surface area (Å²) in [5.74, 6) is -0.256. The maximum Gasteiger partial charge on any atom is 0.228 e. The Balaban J connectivity index is 1.64. The number of aryl methyl sites for hydroxylation is 3. The number of benzene rings is 1. The Labute approximate surface area is 195 Å². The minimum Gasteiger partial charge on any atom is -0.365 e. The summed E-state index contributed by atoms with van der Waals surface area (Å²) < 4.78 is 34.6. The Morgan fingerprint density at radius 1 is 0.971 bits per heavy atom. The normalized spacial score (nSPS) is 18.5. The number of rotatable bonds is 3. The Bertz CT molecular complexity index is 1400. The van der Waals surface area contributed by atoms with E-state index in [9.17, 15) is 8.78 Å². The quantitative estimate of drug-likeness (QED) is 0.439. The van der Waals surface area contributed by atoms with Gasteiger partial charge in [-0.05, 0) is 57.5 Å². The number of nitrogens with zero attached hydrogens (tertiary/aromatic N) is 6. The van der Waals surface area contributed by atoms with Crippen molar-refractivity contribution in [2.45, 2.75) is 39.9 Å². The lowest BCUT2D eigenvalue weighted by atomic mass is 10.1. The van der Waals surface area contributed by atoms with E-state index in [0.717, 1.165) is 23.0 Å².